The van der Waals surface area contributed by atoms with E-state index >= 15 is 0 Å². The van der Waals surface area contributed by atoms with Gasteiger partial charge in [0, 0.05) is 19.3 Å². The summed E-state index contributed by atoms with van der Waals surface area (Å²) in [6.45, 7) is 4.84. The lowest BCUT2D eigenvalue weighted by Gasteiger charge is -2.22. The van der Waals surface area contributed by atoms with Gasteiger partial charge in [0.05, 0.1) is 5.56 Å². The lowest BCUT2D eigenvalue weighted by molar-refractivity contribution is 0.0696. The fraction of sp³-hybridized carbons (Fsp3) is 0.235. The fourth-order valence-corrected chi connectivity index (χ4v) is 2.29. The van der Waals surface area contributed by atoms with Gasteiger partial charge < -0.3 is 10.0 Å². The zero-order chi connectivity index (χ0) is 14.7. The monoisotopic (exact) mass is 269 g/mol. The Labute approximate surface area is 119 Å². The van der Waals surface area contributed by atoms with Crippen LogP contribution in [0.4, 0.5) is 5.69 Å². The number of carboxylic acids is 1. The zero-order valence-corrected chi connectivity index (χ0v) is 12.1. The first kappa shape index (κ1) is 14.1. The number of carbonyl (C=O) groups is 1. The molecule has 0 saturated heterocycles. The maximum Gasteiger partial charge on any atom is 0.335 e. The van der Waals surface area contributed by atoms with E-state index in [2.05, 4.69) is 36.9 Å². The Morgan fingerprint density at radius 3 is 2.60 bits per heavy atom. The standard InChI is InChI=1S/C17H19NO2/c1-12-7-8-13(2)16(9-12)18(3)11-14-5-4-6-15(10-14)17(19)20/h4-10H,11H2,1-3H3,(H,19,20). The second-order valence-electron chi connectivity index (χ2n) is 5.15. The average molecular weight is 269 g/mol. The molecule has 0 fully saturated rings. The minimum Gasteiger partial charge on any atom is -0.478 e. The quantitative estimate of drug-likeness (QED) is 0.921. The van der Waals surface area contributed by atoms with Crippen LogP contribution in [-0.4, -0.2) is 18.1 Å². The Bertz CT molecular complexity index is 635. The van der Waals surface area contributed by atoms with Crippen molar-refractivity contribution in [1.29, 1.82) is 0 Å². The third kappa shape index (κ3) is 3.18. The molecule has 2 rings (SSSR count). The van der Waals surface area contributed by atoms with Crippen LogP contribution in [0.1, 0.15) is 27.0 Å². The number of rotatable bonds is 4. The first-order valence-corrected chi connectivity index (χ1v) is 6.58. The van der Waals surface area contributed by atoms with Gasteiger partial charge in [-0.15, -0.1) is 0 Å². The van der Waals surface area contributed by atoms with Gasteiger partial charge in [-0.05, 0) is 48.7 Å². The number of carboxylic acid groups (broad SMARTS) is 1. The van der Waals surface area contributed by atoms with Gasteiger partial charge in [-0.25, -0.2) is 4.79 Å². The van der Waals surface area contributed by atoms with E-state index in [1.165, 1.54) is 16.8 Å². The predicted octanol–water partition coefficient (Wildman–Crippen LogP) is 3.64. The van der Waals surface area contributed by atoms with Crippen LogP contribution in [0.5, 0.6) is 0 Å². The van der Waals surface area contributed by atoms with Crippen LogP contribution in [0.2, 0.25) is 0 Å². The molecule has 0 atom stereocenters. The Kier molecular flexibility index (Phi) is 4.08. The molecule has 3 heteroatoms. The highest BCUT2D eigenvalue weighted by molar-refractivity contribution is 5.87. The molecule has 0 unspecified atom stereocenters. The summed E-state index contributed by atoms with van der Waals surface area (Å²) in [7, 11) is 2.02. The summed E-state index contributed by atoms with van der Waals surface area (Å²) in [6, 6.07) is 13.4. The highest BCUT2D eigenvalue weighted by Crippen LogP contribution is 2.22. The van der Waals surface area contributed by atoms with Gasteiger partial charge in [0.15, 0.2) is 0 Å². The van der Waals surface area contributed by atoms with E-state index < -0.39 is 5.97 Å². The second-order valence-corrected chi connectivity index (χ2v) is 5.15. The van der Waals surface area contributed by atoms with Crippen LogP contribution in [-0.2, 0) is 6.54 Å². The molecule has 2 aromatic rings. The van der Waals surface area contributed by atoms with Crippen molar-refractivity contribution in [3.63, 3.8) is 0 Å². The minimum absolute atomic E-state index is 0.330. The number of benzene rings is 2. The lowest BCUT2D eigenvalue weighted by Crippen LogP contribution is -2.17. The summed E-state index contributed by atoms with van der Waals surface area (Å²) in [4.78, 5) is 13.1. The third-order valence-corrected chi connectivity index (χ3v) is 3.37. The van der Waals surface area contributed by atoms with Crippen molar-refractivity contribution in [3.05, 3.63) is 64.7 Å². The van der Waals surface area contributed by atoms with Crippen LogP contribution >= 0.6 is 0 Å². The van der Waals surface area contributed by atoms with Crippen LogP contribution in [0, 0.1) is 13.8 Å². The molecular formula is C17H19NO2. The molecule has 0 aliphatic heterocycles. The van der Waals surface area contributed by atoms with E-state index in [9.17, 15) is 4.79 Å². The molecule has 1 N–H and O–H groups in total. The number of hydrogen-bond donors (Lipinski definition) is 1. The van der Waals surface area contributed by atoms with E-state index in [4.69, 9.17) is 5.11 Å². The van der Waals surface area contributed by atoms with Crippen molar-refractivity contribution in [2.75, 3.05) is 11.9 Å². The van der Waals surface area contributed by atoms with E-state index in [1.807, 2.05) is 13.1 Å². The van der Waals surface area contributed by atoms with Gasteiger partial charge in [-0.1, -0.05) is 24.3 Å². The molecule has 0 aliphatic carbocycles. The fourth-order valence-electron chi connectivity index (χ4n) is 2.29. The second kappa shape index (κ2) is 5.78. The number of aryl methyl sites for hydroxylation is 2. The molecule has 0 aromatic heterocycles. The maximum absolute atomic E-state index is 11.0. The Morgan fingerprint density at radius 1 is 1.15 bits per heavy atom. The molecule has 104 valence electrons. The van der Waals surface area contributed by atoms with Gasteiger partial charge in [-0.2, -0.15) is 0 Å². The Hall–Kier alpha value is -2.29. The van der Waals surface area contributed by atoms with Crippen molar-refractivity contribution in [3.8, 4) is 0 Å². The normalized spacial score (nSPS) is 10.3. The van der Waals surface area contributed by atoms with Gasteiger partial charge in [0.1, 0.15) is 0 Å². The molecule has 0 bridgehead atoms. The first-order chi connectivity index (χ1) is 9.47. The molecular weight excluding hydrogens is 250 g/mol. The molecule has 0 radical (unpaired) electrons. The SMILES string of the molecule is Cc1ccc(C)c(N(C)Cc2cccc(C(=O)O)c2)c1. The summed E-state index contributed by atoms with van der Waals surface area (Å²) in [5, 5.41) is 9.03. The molecule has 0 amide bonds. The van der Waals surface area contributed by atoms with Crippen molar-refractivity contribution in [1.82, 2.24) is 0 Å². The smallest absolute Gasteiger partial charge is 0.335 e. The molecule has 3 nitrogen and oxygen atoms in total. The van der Waals surface area contributed by atoms with Crippen LogP contribution in [0.15, 0.2) is 42.5 Å². The molecule has 0 aliphatic rings. The average Bonchev–Trinajstić information content (AvgIpc) is 2.41. The van der Waals surface area contributed by atoms with Crippen LogP contribution in [0.25, 0.3) is 0 Å². The summed E-state index contributed by atoms with van der Waals surface area (Å²) in [5.41, 5.74) is 4.93. The number of aromatic carboxylic acids is 1. The first-order valence-electron chi connectivity index (χ1n) is 6.58. The van der Waals surface area contributed by atoms with E-state index in [0.29, 0.717) is 12.1 Å². The Morgan fingerprint density at radius 2 is 1.90 bits per heavy atom. The van der Waals surface area contributed by atoms with Gasteiger partial charge in [-0.3, -0.25) is 0 Å². The van der Waals surface area contributed by atoms with Crippen LogP contribution < -0.4 is 4.90 Å². The molecule has 20 heavy (non-hydrogen) atoms. The van der Waals surface area contributed by atoms with Crippen molar-refractivity contribution in [2.45, 2.75) is 20.4 Å². The summed E-state index contributed by atoms with van der Waals surface area (Å²) in [5.74, 6) is -0.888. The molecule has 2 aromatic carbocycles. The highest BCUT2D eigenvalue weighted by Gasteiger charge is 2.08. The van der Waals surface area contributed by atoms with Crippen molar-refractivity contribution < 1.29 is 9.90 Å². The predicted molar refractivity (Wildman–Crippen MR) is 81.4 cm³/mol. The topological polar surface area (TPSA) is 40.5 Å². The van der Waals surface area contributed by atoms with Gasteiger partial charge in [0.2, 0.25) is 0 Å². The van der Waals surface area contributed by atoms with Gasteiger partial charge in [0.25, 0.3) is 0 Å². The molecule has 0 saturated carbocycles. The summed E-state index contributed by atoms with van der Waals surface area (Å²) >= 11 is 0. The maximum atomic E-state index is 11.0. The molecule has 0 heterocycles. The largest absolute Gasteiger partial charge is 0.478 e. The highest BCUT2D eigenvalue weighted by atomic mass is 16.4. The van der Waals surface area contributed by atoms with Crippen molar-refractivity contribution in [2.24, 2.45) is 0 Å². The van der Waals surface area contributed by atoms with Crippen LogP contribution in [0.3, 0.4) is 0 Å². The van der Waals surface area contributed by atoms with Gasteiger partial charge >= 0.3 is 5.97 Å². The number of nitrogens with zero attached hydrogens (tertiary/aromatic N) is 1. The summed E-state index contributed by atoms with van der Waals surface area (Å²) in [6.07, 6.45) is 0. The third-order valence-electron chi connectivity index (χ3n) is 3.37. The van der Waals surface area contributed by atoms with E-state index in [-0.39, 0.29) is 0 Å². The van der Waals surface area contributed by atoms with E-state index in [1.54, 1.807) is 18.2 Å². The minimum atomic E-state index is -0.888. The zero-order valence-electron chi connectivity index (χ0n) is 12.1. The molecule has 0 spiro atoms. The Balaban J connectivity index is 2.23. The lowest BCUT2D eigenvalue weighted by atomic mass is 10.1. The number of anilines is 1. The van der Waals surface area contributed by atoms with Crippen molar-refractivity contribution >= 4 is 11.7 Å². The number of hydrogen-bond acceptors (Lipinski definition) is 2. The van der Waals surface area contributed by atoms with E-state index in [0.717, 1.165) is 5.56 Å². The summed E-state index contributed by atoms with van der Waals surface area (Å²) < 4.78 is 0.